The van der Waals surface area contributed by atoms with E-state index in [4.69, 9.17) is 4.74 Å². The van der Waals surface area contributed by atoms with Gasteiger partial charge in [-0.05, 0) is 75.3 Å². The highest BCUT2D eigenvalue weighted by Gasteiger charge is 2.09. The van der Waals surface area contributed by atoms with Crippen LogP contribution in [-0.4, -0.2) is 7.11 Å². The summed E-state index contributed by atoms with van der Waals surface area (Å²) in [5.41, 5.74) is 3.50. The van der Waals surface area contributed by atoms with Gasteiger partial charge < -0.3 is 10.1 Å². The summed E-state index contributed by atoms with van der Waals surface area (Å²) in [5, 5.41) is 3.43. The van der Waals surface area contributed by atoms with Crippen molar-refractivity contribution in [3.63, 3.8) is 0 Å². The highest BCUT2D eigenvalue weighted by atomic mass is 127. The topological polar surface area (TPSA) is 21.3 Å². The summed E-state index contributed by atoms with van der Waals surface area (Å²) in [7, 11) is 1.69. The molecule has 0 heterocycles. The second-order valence-electron chi connectivity index (χ2n) is 4.40. The van der Waals surface area contributed by atoms with Crippen molar-refractivity contribution in [2.24, 2.45) is 0 Å². The lowest BCUT2D eigenvalue weighted by Gasteiger charge is -2.13. The standard InChI is InChI=1S/C15H14Br2INO/c1-9-3-4-12(7-14(9)18)19-8-10-5-11(16)6-13(17)15(10)20-2/h3-7,19H,8H2,1-2H3. The minimum Gasteiger partial charge on any atom is -0.495 e. The Labute approximate surface area is 149 Å². The molecule has 0 unspecified atom stereocenters. The maximum Gasteiger partial charge on any atom is 0.138 e. The molecule has 0 bridgehead atoms. The van der Waals surface area contributed by atoms with Crippen LogP contribution in [0.15, 0.2) is 39.3 Å². The van der Waals surface area contributed by atoms with Gasteiger partial charge in [-0.3, -0.25) is 0 Å². The van der Waals surface area contributed by atoms with Crippen molar-refractivity contribution in [2.75, 3.05) is 12.4 Å². The Bertz CT molecular complexity index is 632. The van der Waals surface area contributed by atoms with Gasteiger partial charge in [0.2, 0.25) is 0 Å². The van der Waals surface area contributed by atoms with Crippen molar-refractivity contribution in [1.82, 2.24) is 0 Å². The number of hydrogen-bond donors (Lipinski definition) is 1. The Morgan fingerprint density at radius 2 is 1.95 bits per heavy atom. The van der Waals surface area contributed by atoms with Gasteiger partial charge in [-0.1, -0.05) is 22.0 Å². The Morgan fingerprint density at radius 1 is 1.20 bits per heavy atom. The maximum absolute atomic E-state index is 5.45. The third kappa shape index (κ3) is 3.89. The first-order valence-corrected chi connectivity index (χ1v) is 8.69. The summed E-state index contributed by atoms with van der Waals surface area (Å²) in [5.74, 6) is 0.863. The van der Waals surface area contributed by atoms with Crippen molar-refractivity contribution in [1.29, 1.82) is 0 Å². The molecule has 0 saturated carbocycles. The van der Waals surface area contributed by atoms with Gasteiger partial charge in [0.15, 0.2) is 0 Å². The van der Waals surface area contributed by atoms with Crippen molar-refractivity contribution in [2.45, 2.75) is 13.5 Å². The maximum atomic E-state index is 5.45. The van der Waals surface area contributed by atoms with Crippen molar-refractivity contribution in [3.05, 3.63) is 54.0 Å². The van der Waals surface area contributed by atoms with Gasteiger partial charge in [0, 0.05) is 25.8 Å². The first-order chi connectivity index (χ1) is 9.51. The molecule has 2 aromatic rings. The average molecular weight is 511 g/mol. The molecule has 2 nitrogen and oxygen atoms in total. The molecule has 0 fully saturated rings. The zero-order valence-electron chi connectivity index (χ0n) is 11.1. The van der Waals surface area contributed by atoms with E-state index in [2.05, 4.69) is 91.0 Å². The summed E-state index contributed by atoms with van der Waals surface area (Å²) in [4.78, 5) is 0. The van der Waals surface area contributed by atoms with Crippen LogP contribution in [0.3, 0.4) is 0 Å². The third-order valence-corrected chi connectivity index (χ3v) is 5.15. The summed E-state index contributed by atoms with van der Waals surface area (Å²) < 4.78 is 8.69. The number of methoxy groups -OCH3 is 1. The van der Waals surface area contributed by atoms with E-state index in [0.29, 0.717) is 6.54 Å². The molecule has 0 atom stereocenters. The molecule has 0 aliphatic rings. The molecule has 0 spiro atoms. The lowest BCUT2D eigenvalue weighted by atomic mass is 10.2. The van der Waals surface area contributed by atoms with Crippen LogP contribution in [0.1, 0.15) is 11.1 Å². The number of halogens is 3. The average Bonchev–Trinajstić information content (AvgIpc) is 2.39. The molecule has 2 rings (SSSR count). The van der Waals surface area contributed by atoms with E-state index < -0.39 is 0 Å². The fourth-order valence-corrected chi connectivity index (χ4v) is 3.86. The number of hydrogen-bond acceptors (Lipinski definition) is 2. The zero-order valence-corrected chi connectivity index (χ0v) is 16.5. The Morgan fingerprint density at radius 3 is 2.60 bits per heavy atom. The van der Waals surface area contributed by atoms with Crippen LogP contribution in [0.25, 0.3) is 0 Å². The summed E-state index contributed by atoms with van der Waals surface area (Å²) in [6.07, 6.45) is 0. The number of rotatable bonds is 4. The van der Waals surface area contributed by atoms with E-state index in [1.807, 2.05) is 6.07 Å². The van der Waals surface area contributed by atoms with Crippen LogP contribution >= 0.6 is 54.5 Å². The predicted octanol–water partition coefficient (Wildman–Crippen LogP) is 5.75. The van der Waals surface area contributed by atoms with Crippen molar-refractivity contribution in [3.8, 4) is 5.75 Å². The zero-order chi connectivity index (χ0) is 14.7. The molecule has 5 heteroatoms. The molecular formula is C15H14Br2INO. The normalized spacial score (nSPS) is 10.4. The number of aryl methyl sites for hydroxylation is 1. The van der Waals surface area contributed by atoms with E-state index in [1.54, 1.807) is 7.11 Å². The predicted molar refractivity (Wildman–Crippen MR) is 99.6 cm³/mol. The minimum absolute atomic E-state index is 0.709. The number of ether oxygens (including phenoxy) is 1. The minimum atomic E-state index is 0.709. The van der Waals surface area contributed by atoms with E-state index in [9.17, 15) is 0 Å². The van der Waals surface area contributed by atoms with Gasteiger partial charge in [-0.15, -0.1) is 0 Å². The Kier molecular flexibility index (Phi) is 5.74. The largest absolute Gasteiger partial charge is 0.495 e. The fraction of sp³-hybridized carbons (Fsp3) is 0.200. The SMILES string of the molecule is COc1c(Br)cc(Br)cc1CNc1ccc(C)c(I)c1. The molecular weight excluding hydrogens is 497 g/mol. The smallest absolute Gasteiger partial charge is 0.138 e. The molecule has 20 heavy (non-hydrogen) atoms. The van der Waals surface area contributed by atoms with E-state index in [1.165, 1.54) is 9.13 Å². The molecule has 0 saturated heterocycles. The van der Waals surface area contributed by atoms with Crippen LogP contribution in [0.2, 0.25) is 0 Å². The lowest BCUT2D eigenvalue weighted by molar-refractivity contribution is 0.407. The number of benzene rings is 2. The molecule has 0 aromatic heterocycles. The summed E-state index contributed by atoms with van der Waals surface area (Å²) in [6.45, 7) is 2.82. The van der Waals surface area contributed by atoms with Gasteiger partial charge in [-0.2, -0.15) is 0 Å². The van der Waals surface area contributed by atoms with Crippen LogP contribution in [-0.2, 0) is 6.54 Å². The molecule has 0 aliphatic heterocycles. The molecule has 0 amide bonds. The van der Waals surface area contributed by atoms with Gasteiger partial charge in [0.25, 0.3) is 0 Å². The molecule has 106 valence electrons. The highest BCUT2D eigenvalue weighted by Crippen LogP contribution is 2.33. The number of anilines is 1. The first kappa shape index (κ1) is 16.1. The van der Waals surface area contributed by atoms with E-state index >= 15 is 0 Å². The first-order valence-electron chi connectivity index (χ1n) is 6.03. The fourth-order valence-electron chi connectivity index (χ4n) is 1.87. The van der Waals surface area contributed by atoms with Gasteiger partial charge in [-0.25, -0.2) is 0 Å². The lowest BCUT2D eigenvalue weighted by Crippen LogP contribution is -2.03. The van der Waals surface area contributed by atoms with Gasteiger partial charge in [0.1, 0.15) is 5.75 Å². The Balaban J connectivity index is 2.20. The van der Waals surface area contributed by atoms with Crippen LogP contribution < -0.4 is 10.1 Å². The number of nitrogens with one attached hydrogen (secondary N) is 1. The van der Waals surface area contributed by atoms with Crippen molar-refractivity contribution >= 4 is 60.1 Å². The molecule has 0 radical (unpaired) electrons. The van der Waals surface area contributed by atoms with Gasteiger partial charge in [0.05, 0.1) is 11.6 Å². The van der Waals surface area contributed by atoms with E-state index in [-0.39, 0.29) is 0 Å². The van der Waals surface area contributed by atoms with E-state index in [0.717, 1.165) is 25.9 Å². The highest BCUT2D eigenvalue weighted by molar-refractivity contribution is 14.1. The molecule has 2 aromatic carbocycles. The summed E-state index contributed by atoms with van der Waals surface area (Å²) in [6, 6.07) is 10.4. The second-order valence-corrected chi connectivity index (χ2v) is 7.33. The monoisotopic (exact) mass is 509 g/mol. The van der Waals surface area contributed by atoms with Crippen LogP contribution in [0.5, 0.6) is 5.75 Å². The Hall–Kier alpha value is -0.270. The van der Waals surface area contributed by atoms with Crippen LogP contribution in [0, 0.1) is 10.5 Å². The summed E-state index contributed by atoms with van der Waals surface area (Å²) >= 11 is 9.38. The van der Waals surface area contributed by atoms with Crippen LogP contribution in [0.4, 0.5) is 5.69 Å². The quantitative estimate of drug-likeness (QED) is 0.529. The van der Waals surface area contributed by atoms with Gasteiger partial charge >= 0.3 is 0 Å². The molecule has 1 N–H and O–H groups in total. The second kappa shape index (κ2) is 7.13. The molecule has 0 aliphatic carbocycles. The third-order valence-electron chi connectivity index (χ3n) is 2.94. The van der Waals surface area contributed by atoms with Crippen molar-refractivity contribution < 1.29 is 4.74 Å².